The van der Waals surface area contributed by atoms with Crippen molar-refractivity contribution in [2.75, 3.05) is 0 Å². The minimum Gasteiger partial charge on any atom is -0.465 e. The van der Waals surface area contributed by atoms with Crippen LogP contribution < -0.4 is 0 Å². The molecule has 0 saturated carbocycles. The zero-order valence-electron chi connectivity index (χ0n) is 22.3. The van der Waals surface area contributed by atoms with Crippen molar-refractivity contribution >= 4 is 34.7 Å². The van der Waals surface area contributed by atoms with Crippen molar-refractivity contribution in [3.05, 3.63) is 137 Å². The molecule has 0 radical (unpaired) electrons. The van der Waals surface area contributed by atoms with E-state index in [-0.39, 0.29) is 5.02 Å². The largest absolute Gasteiger partial charge is 0.465 e. The minimum absolute atomic E-state index is 0.233. The van der Waals surface area contributed by atoms with E-state index in [1.54, 1.807) is 37.6 Å². The number of amides is 1. The van der Waals surface area contributed by atoms with Crippen LogP contribution in [0.2, 0.25) is 5.02 Å². The van der Waals surface area contributed by atoms with Crippen molar-refractivity contribution in [1.29, 1.82) is 0 Å². The third kappa shape index (κ3) is 5.33. The topological polar surface area (TPSA) is 70.2 Å². The van der Waals surface area contributed by atoms with Crippen LogP contribution in [-0.4, -0.2) is 36.7 Å². The molecule has 1 amide bonds. The first-order valence-corrected chi connectivity index (χ1v) is 13.2. The van der Waals surface area contributed by atoms with E-state index in [4.69, 9.17) is 16.6 Å². The standard InChI is InChI=1S/C32H28ClFN4O2/c1-32(2,3)38(31(39)40)29(24-20-23(34)14-15-25(24)33)27-26(16-18-37-19-17-35-30(27)37)36-28(21-10-6-4-7-11-21)22-12-8-5-9-13-22/h4-20,29H,1-3H3,(H,39,40). The maximum atomic E-state index is 14.7. The van der Waals surface area contributed by atoms with E-state index in [0.717, 1.165) is 11.1 Å². The highest BCUT2D eigenvalue weighted by Crippen LogP contribution is 2.43. The summed E-state index contributed by atoms with van der Waals surface area (Å²) in [6.07, 6.45) is 4.04. The second kappa shape index (κ2) is 10.9. The van der Waals surface area contributed by atoms with Crippen LogP contribution in [-0.2, 0) is 0 Å². The molecule has 0 aliphatic carbocycles. The highest BCUT2D eigenvalue weighted by molar-refractivity contribution is 6.31. The summed E-state index contributed by atoms with van der Waals surface area (Å²) in [6.45, 7) is 5.36. The predicted molar refractivity (Wildman–Crippen MR) is 156 cm³/mol. The molecule has 1 unspecified atom stereocenters. The van der Waals surface area contributed by atoms with E-state index in [1.807, 2.05) is 72.9 Å². The molecule has 1 N–H and O–H groups in total. The fraction of sp³-hybridized carbons (Fsp3) is 0.156. The van der Waals surface area contributed by atoms with Crippen molar-refractivity contribution in [3.63, 3.8) is 0 Å². The number of fused-ring (bicyclic) bond motifs is 1. The first kappa shape index (κ1) is 27.1. The van der Waals surface area contributed by atoms with Gasteiger partial charge in [-0.3, -0.25) is 4.90 Å². The SMILES string of the molecule is CC(C)(C)N(C(=O)O)C(c1cc(F)ccc1Cl)c1c(N=C(c2ccccc2)c2ccccc2)ccn2ccnc12. The third-order valence-electron chi connectivity index (χ3n) is 6.62. The van der Waals surface area contributed by atoms with E-state index in [1.165, 1.54) is 23.1 Å². The fourth-order valence-electron chi connectivity index (χ4n) is 4.90. The van der Waals surface area contributed by atoms with Crippen molar-refractivity contribution in [2.45, 2.75) is 32.4 Å². The zero-order valence-corrected chi connectivity index (χ0v) is 23.0. The van der Waals surface area contributed by atoms with Crippen molar-refractivity contribution in [2.24, 2.45) is 4.99 Å². The third-order valence-corrected chi connectivity index (χ3v) is 6.96. The number of pyridine rings is 1. The number of aliphatic imine (C=N–C) groups is 1. The smallest absolute Gasteiger partial charge is 0.408 e. The molecule has 3 aromatic carbocycles. The number of nitrogens with zero attached hydrogens (tertiary/aromatic N) is 4. The molecule has 2 aromatic heterocycles. The van der Waals surface area contributed by atoms with Crippen LogP contribution in [0.5, 0.6) is 0 Å². The summed E-state index contributed by atoms with van der Waals surface area (Å²) >= 11 is 6.67. The minimum atomic E-state index is -1.19. The van der Waals surface area contributed by atoms with Gasteiger partial charge in [0.25, 0.3) is 0 Å². The number of benzene rings is 3. The van der Waals surface area contributed by atoms with Gasteiger partial charge in [-0.1, -0.05) is 72.3 Å². The Morgan fingerprint density at radius 1 is 0.975 bits per heavy atom. The van der Waals surface area contributed by atoms with Crippen LogP contribution in [0.15, 0.2) is 109 Å². The number of hydrogen-bond donors (Lipinski definition) is 1. The molecule has 5 aromatic rings. The van der Waals surface area contributed by atoms with Crippen LogP contribution in [0, 0.1) is 5.82 Å². The summed E-state index contributed by atoms with van der Waals surface area (Å²) in [5.41, 5.74) is 3.33. The summed E-state index contributed by atoms with van der Waals surface area (Å²) in [5.74, 6) is -0.529. The Morgan fingerprint density at radius 2 is 1.60 bits per heavy atom. The van der Waals surface area contributed by atoms with Gasteiger partial charge in [0, 0.05) is 51.4 Å². The van der Waals surface area contributed by atoms with E-state index in [2.05, 4.69) is 4.98 Å². The molecule has 6 nitrogen and oxygen atoms in total. The molecule has 5 rings (SSSR count). The van der Waals surface area contributed by atoms with E-state index >= 15 is 0 Å². The highest BCUT2D eigenvalue weighted by Gasteiger charge is 2.39. The van der Waals surface area contributed by atoms with Crippen LogP contribution in [0.1, 0.15) is 49.1 Å². The molecule has 0 aliphatic heterocycles. The van der Waals surface area contributed by atoms with Gasteiger partial charge in [-0.15, -0.1) is 0 Å². The van der Waals surface area contributed by atoms with E-state index < -0.39 is 23.5 Å². The molecule has 0 bridgehead atoms. The number of carboxylic acid groups (broad SMARTS) is 1. The Bertz CT molecular complexity index is 1650. The summed E-state index contributed by atoms with van der Waals surface area (Å²) in [4.78, 5) is 23.9. The van der Waals surface area contributed by atoms with Gasteiger partial charge >= 0.3 is 6.09 Å². The van der Waals surface area contributed by atoms with Crippen molar-refractivity contribution in [1.82, 2.24) is 14.3 Å². The lowest BCUT2D eigenvalue weighted by Crippen LogP contribution is -2.47. The molecular weight excluding hydrogens is 527 g/mol. The molecule has 0 fully saturated rings. The Hall–Kier alpha value is -4.49. The van der Waals surface area contributed by atoms with Crippen LogP contribution in [0.25, 0.3) is 5.65 Å². The molecule has 40 heavy (non-hydrogen) atoms. The van der Waals surface area contributed by atoms with Crippen molar-refractivity contribution in [3.8, 4) is 0 Å². The molecular formula is C32H28ClFN4O2. The molecule has 0 aliphatic rings. The second-order valence-corrected chi connectivity index (χ2v) is 10.8. The van der Waals surface area contributed by atoms with Gasteiger partial charge in [0.15, 0.2) is 0 Å². The molecule has 8 heteroatoms. The average molecular weight is 555 g/mol. The Balaban J connectivity index is 1.89. The van der Waals surface area contributed by atoms with Gasteiger partial charge in [-0.2, -0.15) is 0 Å². The lowest BCUT2D eigenvalue weighted by Gasteiger charge is -2.40. The Morgan fingerprint density at radius 3 is 2.17 bits per heavy atom. The normalized spacial score (nSPS) is 12.2. The summed E-state index contributed by atoms with van der Waals surface area (Å²) in [7, 11) is 0. The number of hydrogen-bond acceptors (Lipinski definition) is 3. The number of carbonyl (C=O) groups is 1. The van der Waals surface area contributed by atoms with Gasteiger partial charge in [-0.05, 0) is 45.0 Å². The summed E-state index contributed by atoms with van der Waals surface area (Å²) in [5, 5.41) is 10.8. The first-order chi connectivity index (χ1) is 19.1. The lowest BCUT2D eigenvalue weighted by molar-refractivity contribution is 0.0813. The fourth-order valence-corrected chi connectivity index (χ4v) is 5.12. The first-order valence-electron chi connectivity index (χ1n) is 12.8. The summed E-state index contributed by atoms with van der Waals surface area (Å²) in [6, 6.07) is 24.3. The average Bonchev–Trinajstić information content (AvgIpc) is 3.41. The van der Waals surface area contributed by atoms with Crippen LogP contribution in [0.3, 0.4) is 0 Å². The van der Waals surface area contributed by atoms with Gasteiger partial charge in [0.2, 0.25) is 0 Å². The zero-order chi connectivity index (χ0) is 28.4. The van der Waals surface area contributed by atoms with Crippen LogP contribution >= 0.6 is 11.6 Å². The number of imidazole rings is 1. The van der Waals surface area contributed by atoms with Gasteiger partial charge in [-0.25, -0.2) is 19.2 Å². The van der Waals surface area contributed by atoms with E-state index in [9.17, 15) is 14.3 Å². The quantitative estimate of drug-likeness (QED) is 0.215. The molecule has 2 heterocycles. The monoisotopic (exact) mass is 554 g/mol. The maximum absolute atomic E-state index is 14.7. The molecule has 0 spiro atoms. The molecule has 1 atom stereocenters. The highest BCUT2D eigenvalue weighted by atomic mass is 35.5. The Kier molecular flexibility index (Phi) is 7.41. The number of halogens is 2. The Labute approximate surface area is 237 Å². The lowest BCUT2D eigenvalue weighted by atomic mass is 9.91. The number of rotatable bonds is 6. The van der Waals surface area contributed by atoms with Crippen LogP contribution in [0.4, 0.5) is 14.9 Å². The predicted octanol–water partition coefficient (Wildman–Crippen LogP) is 8.16. The van der Waals surface area contributed by atoms with Gasteiger partial charge in [0.05, 0.1) is 17.4 Å². The molecule has 0 saturated heterocycles. The van der Waals surface area contributed by atoms with Gasteiger partial charge in [0.1, 0.15) is 11.5 Å². The number of aromatic nitrogens is 2. The second-order valence-electron chi connectivity index (χ2n) is 10.4. The summed E-state index contributed by atoms with van der Waals surface area (Å²) < 4.78 is 16.5. The maximum Gasteiger partial charge on any atom is 0.408 e. The van der Waals surface area contributed by atoms with Crippen molar-refractivity contribution < 1.29 is 14.3 Å². The van der Waals surface area contributed by atoms with E-state index in [0.29, 0.717) is 28.2 Å². The molecule has 202 valence electrons. The van der Waals surface area contributed by atoms with Gasteiger partial charge < -0.3 is 9.51 Å².